The molecule has 27 heavy (non-hydrogen) atoms. The summed E-state index contributed by atoms with van der Waals surface area (Å²) in [6, 6.07) is 14.2. The van der Waals surface area contributed by atoms with Crippen LogP contribution in [-0.4, -0.2) is 51.6 Å². The topological polar surface area (TPSA) is 75.7 Å². The Morgan fingerprint density at radius 1 is 1.07 bits per heavy atom. The van der Waals surface area contributed by atoms with E-state index in [0.717, 1.165) is 9.20 Å². The Kier molecular flexibility index (Phi) is 7.70. The number of benzene rings is 2. The summed E-state index contributed by atoms with van der Waals surface area (Å²) in [6.07, 6.45) is 0. The maximum absolute atomic E-state index is 12.0. The van der Waals surface area contributed by atoms with Crippen LogP contribution < -0.4 is 10.1 Å². The van der Waals surface area contributed by atoms with Crippen LogP contribution in [-0.2, 0) is 14.8 Å². The Hall–Kier alpha value is -2.03. The molecule has 0 radical (unpaired) electrons. The minimum absolute atomic E-state index is 0.0587. The molecular weight excluding hydrogens is 384 g/mol. The standard InChI is InChI=1S/C19H24N2O4S2/c1-15-4-8-17(9-5-15)26-14-19(22)20-12-13-25-16-6-10-18(11-7-16)27(23,24)21(2)3/h4-11H,12-14H2,1-3H3,(H,20,22). The van der Waals surface area contributed by atoms with Crippen molar-refractivity contribution in [2.45, 2.75) is 16.7 Å². The molecule has 1 amide bonds. The number of sulfonamides is 1. The van der Waals surface area contributed by atoms with Gasteiger partial charge in [0.05, 0.1) is 17.2 Å². The average molecular weight is 409 g/mol. The van der Waals surface area contributed by atoms with E-state index in [2.05, 4.69) is 5.32 Å². The molecule has 0 saturated heterocycles. The quantitative estimate of drug-likeness (QED) is 0.510. The van der Waals surface area contributed by atoms with E-state index in [9.17, 15) is 13.2 Å². The van der Waals surface area contributed by atoms with Gasteiger partial charge < -0.3 is 10.1 Å². The number of thioether (sulfide) groups is 1. The van der Waals surface area contributed by atoms with Gasteiger partial charge in [-0.3, -0.25) is 4.79 Å². The van der Waals surface area contributed by atoms with Crippen LogP contribution in [0.25, 0.3) is 0 Å². The van der Waals surface area contributed by atoms with Crippen LogP contribution in [0, 0.1) is 6.92 Å². The van der Waals surface area contributed by atoms with Gasteiger partial charge in [-0.2, -0.15) is 0 Å². The number of amides is 1. The van der Waals surface area contributed by atoms with Crippen molar-refractivity contribution in [2.24, 2.45) is 0 Å². The van der Waals surface area contributed by atoms with Gasteiger partial charge in [-0.1, -0.05) is 17.7 Å². The molecule has 0 saturated carbocycles. The fourth-order valence-electron chi connectivity index (χ4n) is 2.11. The number of nitrogens with one attached hydrogen (secondary N) is 1. The summed E-state index contributed by atoms with van der Waals surface area (Å²) in [7, 11) is -0.472. The number of carbonyl (C=O) groups is 1. The first-order valence-corrected chi connectivity index (χ1v) is 10.8. The molecule has 0 unspecified atom stereocenters. The summed E-state index contributed by atoms with van der Waals surface area (Å²) in [5, 5.41) is 2.80. The van der Waals surface area contributed by atoms with E-state index in [-0.39, 0.29) is 10.8 Å². The summed E-state index contributed by atoms with van der Waals surface area (Å²) >= 11 is 1.48. The molecule has 6 nitrogen and oxygen atoms in total. The number of hydrogen-bond donors (Lipinski definition) is 1. The van der Waals surface area contributed by atoms with Crippen molar-refractivity contribution in [3.63, 3.8) is 0 Å². The Bertz CT molecular complexity index is 848. The Morgan fingerprint density at radius 3 is 2.30 bits per heavy atom. The van der Waals surface area contributed by atoms with Crippen molar-refractivity contribution in [1.29, 1.82) is 0 Å². The number of aryl methyl sites for hydroxylation is 1. The third-order valence-electron chi connectivity index (χ3n) is 3.69. The maximum atomic E-state index is 12.0. The van der Waals surface area contributed by atoms with Crippen molar-refractivity contribution in [3.05, 3.63) is 54.1 Å². The first-order valence-electron chi connectivity index (χ1n) is 8.40. The minimum Gasteiger partial charge on any atom is -0.492 e. The van der Waals surface area contributed by atoms with E-state index in [1.807, 2.05) is 31.2 Å². The van der Waals surface area contributed by atoms with E-state index in [4.69, 9.17) is 4.74 Å². The summed E-state index contributed by atoms with van der Waals surface area (Å²) in [5.41, 5.74) is 1.19. The highest BCUT2D eigenvalue weighted by atomic mass is 32.2. The Morgan fingerprint density at radius 2 is 1.70 bits per heavy atom. The minimum atomic E-state index is -3.44. The van der Waals surface area contributed by atoms with Crippen LogP contribution in [0.4, 0.5) is 0 Å². The predicted molar refractivity (Wildman–Crippen MR) is 108 cm³/mol. The van der Waals surface area contributed by atoms with Crippen molar-refractivity contribution >= 4 is 27.7 Å². The second-order valence-electron chi connectivity index (χ2n) is 6.06. The lowest BCUT2D eigenvalue weighted by atomic mass is 10.2. The molecule has 146 valence electrons. The van der Waals surface area contributed by atoms with Gasteiger partial charge in [-0.25, -0.2) is 12.7 Å². The number of carbonyl (C=O) groups excluding carboxylic acids is 1. The number of rotatable bonds is 9. The number of nitrogens with zero attached hydrogens (tertiary/aromatic N) is 1. The van der Waals surface area contributed by atoms with Gasteiger partial charge in [0.1, 0.15) is 12.4 Å². The smallest absolute Gasteiger partial charge is 0.242 e. The molecule has 0 aromatic heterocycles. The van der Waals surface area contributed by atoms with Gasteiger partial charge in [-0.15, -0.1) is 11.8 Å². The van der Waals surface area contributed by atoms with Crippen molar-refractivity contribution in [1.82, 2.24) is 9.62 Å². The highest BCUT2D eigenvalue weighted by molar-refractivity contribution is 8.00. The van der Waals surface area contributed by atoms with E-state index in [1.165, 1.54) is 43.6 Å². The molecule has 0 aliphatic carbocycles. The van der Waals surface area contributed by atoms with Crippen LogP contribution in [0.3, 0.4) is 0 Å². The van der Waals surface area contributed by atoms with Crippen LogP contribution in [0.5, 0.6) is 5.75 Å². The van der Waals surface area contributed by atoms with E-state index in [0.29, 0.717) is 24.7 Å². The largest absolute Gasteiger partial charge is 0.492 e. The fourth-order valence-corrected chi connectivity index (χ4v) is 3.74. The zero-order valence-corrected chi connectivity index (χ0v) is 17.3. The SMILES string of the molecule is Cc1ccc(SCC(=O)NCCOc2ccc(S(=O)(=O)N(C)C)cc2)cc1. The molecule has 2 aromatic carbocycles. The van der Waals surface area contributed by atoms with Gasteiger partial charge in [-0.05, 0) is 43.3 Å². The summed E-state index contributed by atoms with van der Waals surface area (Å²) < 4.78 is 30.7. The van der Waals surface area contributed by atoms with Crippen molar-refractivity contribution in [2.75, 3.05) is 33.0 Å². The summed E-state index contributed by atoms with van der Waals surface area (Å²) in [6.45, 7) is 2.71. The molecule has 0 aliphatic heterocycles. The molecule has 0 heterocycles. The average Bonchev–Trinajstić information content (AvgIpc) is 2.65. The Labute approximate surface area is 165 Å². The zero-order valence-electron chi connectivity index (χ0n) is 15.6. The maximum Gasteiger partial charge on any atom is 0.242 e. The lowest BCUT2D eigenvalue weighted by Gasteiger charge is -2.12. The molecule has 0 fully saturated rings. The van der Waals surface area contributed by atoms with E-state index in [1.54, 1.807) is 12.1 Å². The molecule has 0 atom stereocenters. The highest BCUT2D eigenvalue weighted by Crippen LogP contribution is 2.19. The van der Waals surface area contributed by atoms with Crippen LogP contribution in [0.1, 0.15) is 5.56 Å². The predicted octanol–water partition coefficient (Wildman–Crippen LogP) is 2.53. The molecule has 0 spiro atoms. The Balaban J connectivity index is 1.70. The number of ether oxygens (including phenoxy) is 1. The van der Waals surface area contributed by atoms with Crippen LogP contribution >= 0.6 is 11.8 Å². The molecule has 0 bridgehead atoms. The summed E-state index contributed by atoms with van der Waals surface area (Å²) in [4.78, 5) is 13.1. The van der Waals surface area contributed by atoms with Crippen molar-refractivity contribution < 1.29 is 17.9 Å². The van der Waals surface area contributed by atoms with Gasteiger partial charge in [0.15, 0.2) is 0 Å². The fraction of sp³-hybridized carbons (Fsp3) is 0.316. The first kappa shape index (κ1) is 21.3. The lowest BCUT2D eigenvalue weighted by molar-refractivity contribution is -0.118. The molecule has 2 aromatic rings. The van der Waals surface area contributed by atoms with Crippen molar-refractivity contribution in [3.8, 4) is 5.75 Å². The highest BCUT2D eigenvalue weighted by Gasteiger charge is 2.16. The van der Waals surface area contributed by atoms with Gasteiger partial charge in [0.25, 0.3) is 0 Å². The zero-order chi connectivity index (χ0) is 19.9. The third-order valence-corrected chi connectivity index (χ3v) is 6.53. The van der Waals surface area contributed by atoms with E-state index >= 15 is 0 Å². The normalized spacial score (nSPS) is 11.4. The monoisotopic (exact) mass is 408 g/mol. The lowest BCUT2D eigenvalue weighted by Crippen LogP contribution is -2.29. The third kappa shape index (κ3) is 6.57. The van der Waals surface area contributed by atoms with Gasteiger partial charge >= 0.3 is 0 Å². The second-order valence-corrected chi connectivity index (χ2v) is 9.26. The number of hydrogen-bond acceptors (Lipinski definition) is 5. The first-order chi connectivity index (χ1) is 12.8. The molecule has 8 heteroatoms. The second kappa shape index (κ2) is 9.77. The molecular formula is C19H24N2O4S2. The van der Waals surface area contributed by atoms with E-state index < -0.39 is 10.0 Å². The van der Waals surface area contributed by atoms with Gasteiger partial charge in [0, 0.05) is 19.0 Å². The van der Waals surface area contributed by atoms with Gasteiger partial charge in [0.2, 0.25) is 15.9 Å². The van der Waals surface area contributed by atoms with Crippen LogP contribution in [0.15, 0.2) is 58.3 Å². The summed E-state index contributed by atoms with van der Waals surface area (Å²) in [5.74, 6) is 0.841. The van der Waals surface area contributed by atoms with Crippen LogP contribution in [0.2, 0.25) is 0 Å². The molecule has 2 rings (SSSR count). The molecule has 0 aliphatic rings. The molecule has 1 N–H and O–H groups in total.